The number of amides is 1. The number of hydrogen-bond donors (Lipinski definition) is 2. The van der Waals surface area contributed by atoms with Crippen molar-refractivity contribution in [3.63, 3.8) is 0 Å². The van der Waals surface area contributed by atoms with E-state index in [1.54, 1.807) is 6.34 Å². The Kier molecular flexibility index (Phi) is 7.72. The minimum atomic E-state index is -0.0632. The molecule has 0 aromatic heterocycles. The smallest absolute Gasteiger partial charge is 0.287 e. The number of carbonyl (C=O) groups excluding carboxylic acids is 1. The van der Waals surface area contributed by atoms with Gasteiger partial charge in [0.1, 0.15) is 0 Å². The van der Waals surface area contributed by atoms with Crippen LogP contribution in [0.4, 0.5) is 0 Å². The fourth-order valence-electron chi connectivity index (χ4n) is 3.14. The summed E-state index contributed by atoms with van der Waals surface area (Å²) in [6, 6.07) is 15.6. The number of carbonyl (C=O) groups is 1. The summed E-state index contributed by atoms with van der Waals surface area (Å²) in [5, 5.41) is 13.2. The van der Waals surface area contributed by atoms with Gasteiger partial charge in [0, 0.05) is 22.0 Å². The van der Waals surface area contributed by atoms with Crippen molar-refractivity contribution in [2.45, 2.75) is 25.3 Å². The molecule has 0 spiro atoms. The lowest BCUT2D eigenvalue weighted by Crippen LogP contribution is -3.09. The molecule has 0 saturated carbocycles. The highest BCUT2D eigenvalue weighted by Gasteiger charge is 2.23. The molecule has 1 aliphatic rings. The van der Waals surface area contributed by atoms with Crippen LogP contribution in [0.2, 0.25) is 10.0 Å². The maximum Gasteiger partial charge on any atom is 0.287 e. The molecule has 0 radical (unpaired) electrons. The topological polar surface area (TPSA) is 58.3 Å². The highest BCUT2D eigenvalue weighted by Crippen LogP contribution is 2.27. The minimum absolute atomic E-state index is 0.0278. The first-order valence-corrected chi connectivity index (χ1v) is 11.0. The van der Waals surface area contributed by atoms with Crippen LogP contribution in [-0.4, -0.2) is 36.3 Å². The van der Waals surface area contributed by atoms with E-state index in [2.05, 4.69) is 15.5 Å². The molecule has 0 bridgehead atoms. The second-order valence-electron chi connectivity index (χ2n) is 6.97. The number of nitrogens with one attached hydrogen (secondary N) is 2. The second-order valence-corrected chi connectivity index (χ2v) is 8.80. The van der Waals surface area contributed by atoms with E-state index in [-0.39, 0.29) is 17.9 Å². The zero-order chi connectivity index (χ0) is 20.8. The Morgan fingerprint density at radius 2 is 1.72 bits per heavy atom. The molecule has 152 valence electrons. The second kappa shape index (κ2) is 10.3. The first-order valence-electron chi connectivity index (χ1n) is 9.29. The molecule has 2 aromatic rings. The Bertz CT molecular complexity index is 900. The van der Waals surface area contributed by atoms with E-state index >= 15 is 0 Å². The predicted octanol–water partition coefficient (Wildman–Crippen LogP) is 3.39. The lowest BCUT2D eigenvalue weighted by molar-refractivity contribution is -0.658. The van der Waals surface area contributed by atoms with Crippen LogP contribution >= 0.6 is 35.0 Å². The molecule has 3 rings (SSSR count). The van der Waals surface area contributed by atoms with Gasteiger partial charge >= 0.3 is 0 Å². The maximum absolute atomic E-state index is 12.5. The van der Waals surface area contributed by atoms with Gasteiger partial charge in [-0.1, -0.05) is 57.7 Å². The first-order chi connectivity index (χ1) is 13.9. The molecule has 8 heteroatoms. The average Bonchev–Trinajstić information content (AvgIpc) is 3.11. The molecule has 0 fully saturated rings. The number of nitrogens with zero attached hydrogens (tertiary/aromatic N) is 2. The van der Waals surface area contributed by atoms with Crippen LogP contribution in [0.15, 0.2) is 58.7 Å². The average molecular weight is 450 g/mol. The zero-order valence-corrected chi connectivity index (χ0v) is 18.6. The third-order valence-electron chi connectivity index (χ3n) is 4.74. The molecule has 3 atom stereocenters. The highest BCUT2D eigenvalue weighted by atomic mass is 35.5. The lowest BCUT2D eigenvalue weighted by Gasteiger charge is -2.26. The van der Waals surface area contributed by atoms with Crippen LogP contribution in [0.5, 0.6) is 0 Å². The van der Waals surface area contributed by atoms with E-state index in [0.717, 1.165) is 27.6 Å². The Balaban J connectivity index is 1.67. The van der Waals surface area contributed by atoms with Crippen molar-refractivity contribution >= 4 is 52.4 Å². The number of quaternary nitrogens is 1. The number of hydrogen-bond acceptors (Lipinski definition) is 4. The number of benzene rings is 2. The van der Waals surface area contributed by atoms with Crippen molar-refractivity contribution in [3.05, 3.63) is 69.7 Å². The van der Waals surface area contributed by atoms with Crippen LogP contribution in [0, 0.1) is 0 Å². The predicted molar refractivity (Wildman–Crippen MR) is 122 cm³/mol. The number of halogens is 2. The molecule has 0 saturated heterocycles. The molecule has 1 amide bonds. The van der Waals surface area contributed by atoms with Crippen LogP contribution in [0.25, 0.3) is 0 Å². The molecule has 2 aromatic carbocycles. The van der Waals surface area contributed by atoms with E-state index in [1.165, 1.54) is 11.8 Å². The van der Waals surface area contributed by atoms with Crippen molar-refractivity contribution in [1.82, 2.24) is 5.32 Å². The van der Waals surface area contributed by atoms with Gasteiger partial charge in [-0.15, -0.1) is 0 Å². The Morgan fingerprint density at radius 1 is 1.10 bits per heavy atom. The van der Waals surface area contributed by atoms with Gasteiger partial charge in [-0.2, -0.15) is 0 Å². The van der Waals surface area contributed by atoms with Crippen LogP contribution < -0.4 is 10.2 Å². The third kappa shape index (κ3) is 6.31. The summed E-state index contributed by atoms with van der Waals surface area (Å²) in [7, 11) is 1.94. The van der Waals surface area contributed by atoms with E-state index in [0.29, 0.717) is 15.8 Å². The fourth-order valence-corrected chi connectivity index (χ4v) is 4.13. The summed E-state index contributed by atoms with van der Waals surface area (Å²) < 4.78 is 0. The number of amidine groups is 1. The van der Waals surface area contributed by atoms with Gasteiger partial charge in [-0.05, 0) is 60.5 Å². The molecule has 1 unspecified atom stereocenters. The quantitative estimate of drug-likeness (QED) is 0.680. The van der Waals surface area contributed by atoms with E-state index < -0.39 is 0 Å². The minimum Gasteiger partial charge on any atom is -0.352 e. The summed E-state index contributed by atoms with van der Waals surface area (Å²) in [6.07, 6.45) is 2.48. The van der Waals surface area contributed by atoms with Gasteiger partial charge in [-0.3, -0.25) is 4.79 Å². The molecule has 5 nitrogen and oxygen atoms in total. The lowest BCUT2D eigenvalue weighted by atomic mass is 9.86. The van der Waals surface area contributed by atoms with Gasteiger partial charge in [0.15, 0.2) is 0 Å². The molecular weight excluding hydrogens is 427 g/mol. The van der Waals surface area contributed by atoms with Crippen LogP contribution in [0.1, 0.15) is 24.0 Å². The van der Waals surface area contributed by atoms with E-state index in [9.17, 15) is 4.79 Å². The largest absolute Gasteiger partial charge is 0.352 e. The third-order valence-corrected chi connectivity index (χ3v) is 6.32. The van der Waals surface area contributed by atoms with E-state index in [4.69, 9.17) is 23.2 Å². The van der Waals surface area contributed by atoms with Crippen molar-refractivity contribution in [2.24, 2.45) is 10.2 Å². The molecular formula is C21H23Cl2N4OS+. The van der Waals surface area contributed by atoms with Gasteiger partial charge in [0.25, 0.3) is 5.17 Å². The van der Waals surface area contributed by atoms with Crippen molar-refractivity contribution < 1.29 is 9.69 Å². The normalized spacial score (nSPS) is 17.7. The molecule has 1 aliphatic heterocycles. The standard InChI is InChI=1S/C21H22Cl2N4OS/c1-14(25-20(28)12-29-21-26-24-13-27(21)2)19(16-5-9-18(23)10-6-16)11-15-3-7-17(22)8-4-15/h3-10,13-14,19H,11-12H2,1-2H3,(H,25,28)/p+1/t14-,19+/m1/s1. The maximum atomic E-state index is 12.5. The summed E-state index contributed by atoms with van der Waals surface area (Å²) in [6.45, 7) is 2.03. The van der Waals surface area contributed by atoms with Gasteiger partial charge < -0.3 is 5.32 Å². The van der Waals surface area contributed by atoms with E-state index in [1.807, 2.05) is 62.5 Å². The Hall–Kier alpha value is -1.86. The molecule has 2 N–H and O–H groups in total. The molecule has 1 heterocycles. The summed E-state index contributed by atoms with van der Waals surface area (Å²) in [4.78, 5) is 13.5. The van der Waals surface area contributed by atoms with Gasteiger partial charge in [0.2, 0.25) is 12.2 Å². The molecule has 0 aliphatic carbocycles. The highest BCUT2D eigenvalue weighted by molar-refractivity contribution is 8.13. The van der Waals surface area contributed by atoms with Crippen molar-refractivity contribution in [1.29, 1.82) is 0 Å². The Morgan fingerprint density at radius 3 is 2.31 bits per heavy atom. The summed E-state index contributed by atoms with van der Waals surface area (Å²) in [5.41, 5.74) is 2.29. The van der Waals surface area contributed by atoms with Gasteiger partial charge in [-0.25, -0.2) is 4.90 Å². The fraction of sp³-hybridized carbons (Fsp3) is 0.286. The monoisotopic (exact) mass is 449 g/mol. The zero-order valence-electron chi connectivity index (χ0n) is 16.2. The Labute approximate surface area is 185 Å². The SMILES string of the molecule is C[C@@H](NC(=O)CSC1=NN=C[NH+]1C)[C@H](Cc1ccc(Cl)cc1)c1ccc(Cl)cc1. The summed E-state index contributed by atoms with van der Waals surface area (Å²) in [5.74, 6) is 0.376. The first kappa shape index (κ1) is 21.8. The van der Waals surface area contributed by atoms with Gasteiger partial charge in [0.05, 0.1) is 12.8 Å². The number of rotatable bonds is 7. The summed E-state index contributed by atoms with van der Waals surface area (Å²) >= 11 is 13.5. The molecule has 29 heavy (non-hydrogen) atoms. The number of thioether (sulfide) groups is 1. The van der Waals surface area contributed by atoms with Crippen LogP contribution in [-0.2, 0) is 11.2 Å². The van der Waals surface area contributed by atoms with Crippen LogP contribution in [0.3, 0.4) is 0 Å². The van der Waals surface area contributed by atoms with Crippen molar-refractivity contribution in [3.8, 4) is 0 Å². The van der Waals surface area contributed by atoms with Crippen molar-refractivity contribution in [2.75, 3.05) is 12.8 Å².